The van der Waals surface area contributed by atoms with E-state index in [0.717, 1.165) is 6.42 Å². The third-order valence-corrected chi connectivity index (χ3v) is 1.04. The lowest BCUT2D eigenvalue weighted by Crippen LogP contribution is -2.20. The van der Waals surface area contributed by atoms with Crippen LogP contribution in [0.5, 0.6) is 0 Å². The normalized spacial score (nSPS) is 13.4. The van der Waals surface area contributed by atoms with Crippen LogP contribution in [0.3, 0.4) is 0 Å². The molecule has 0 aromatic carbocycles. The summed E-state index contributed by atoms with van der Waals surface area (Å²) in [6, 6.07) is 0.389. The lowest BCUT2D eigenvalue weighted by Gasteiger charge is -2.04. The third-order valence-electron chi connectivity index (χ3n) is 1.04. The lowest BCUT2D eigenvalue weighted by molar-refractivity contribution is 0.648. The van der Waals surface area contributed by atoms with Crippen molar-refractivity contribution < 1.29 is 0 Å². The molecule has 0 saturated carbocycles. The monoisotopic (exact) mass is 98.1 g/mol. The van der Waals surface area contributed by atoms with E-state index in [0.29, 0.717) is 6.04 Å². The number of hydrogen-bond donors (Lipinski definition) is 1. The van der Waals surface area contributed by atoms with Gasteiger partial charge in [-0.25, -0.2) is 0 Å². The van der Waals surface area contributed by atoms with Crippen molar-refractivity contribution >= 4 is 0 Å². The summed E-state index contributed by atoms with van der Waals surface area (Å²) < 4.78 is 0. The number of rotatable bonds is 3. The number of likely N-dealkylation sites (N-methyl/N-ethyl adjacent to an activating group) is 1. The fourth-order valence-corrected chi connectivity index (χ4v) is 0.436. The van der Waals surface area contributed by atoms with Gasteiger partial charge in [0.15, 0.2) is 0 Å². The van der Waals surface area contributed by atoms with Crippen molar-refractivity contribution in [3.8, 4) is 0 Å². The van der Waals surface area contributed by atoms with Crippen molar-refractivity contribution in [2.75, 3.05) is 7.05 Å². The average Bonchev–Trinajstić information content (AvgIpc) is 1.72. The Hall–Kier alpha value is -0.300. The molecule has 0 amide bonds. The van der Waals surface area contributed by atoms with Crippen molar-refractivity contribution in [3.63, 3.8) is 0 Å². The van der Waals surface area contributed by atoms with Gasteiger partial charge in [0, 0.05) is 6.04 Å². The molecule has 0 spiro atoms. The Morgan fingerprint density at radius 1 is 1.86 bits per heavy atom. The highest BCUT2D eigenvalue weighted by Crippen LogP contribution is 1.86. The summed E-state index contributed by atoms with van der Waals surface area (Å²) in [7, 11) is 1.90. The molecule has 1 heteroatoms. The smallest absolute Gasteiger partial charge is 0.0247 e. The SMILES string of the molecule is [CH]=CC(CC)NC. The minimum Gasteiger partial charge on any atom is -0.314 e. The highest BCUT2D eigenvalue weighted by atomic mass is 14.8. The van der Waals surface area contributed by atoms with Gasteiger partial charge < -0.3 is 5.32 Å². The largest absolute Gasteiger partial charge is 0.314 e. The Bertz CT molecular complexity index is 46.1. The molecule has 0 aliphatic carbocycles. The van der Waals surface area contributed by atoms with Crippen molar-refractivity contribution in [3.05, 3.63) is 12.7 Å². The van der Waals surface area contributed by atoms with Crippen molar-refractivity contribution in [2.45, 2.75) is 19.4 Å². The highest BCUT2D eigenvalue weighted by molar-refractivity contribution is 4.79. The van der Waals surface area contributed by atoms with Crippen molar-refractivity contribution in [1.82, 2.24) is 5.32 Å². The average molecular weight is 98.2 g/mol. The van der Waals surface area contributed by atoms with E-state index < -0.39 is 0 Å². The van der Waals surface area contributed by atoms with E-state index in [9.17, 15) is 0 Å². The maximum atomic E-state index is 5.21. The molecule has 0 saturated heterocycles. The first kappa shape index (κ1) is 6.70. The third kappa shape index (κ3) is 2.40. The van der Waals surface area contributed by atoms with E-state index in [-0.39, 0.29) is 0 Å². The second-order valence-electron chi connectivity index (χ2n) is 1.50. The van der Waals surface area contributed by atoms with Crippen LogP contribution < -0.4 is 5.32 Å². The van der Waals surface area contributed by atoms with Crippen LogP contribution in [0.1, 0.15) is 13.3 Å². The molecule has 0 heterocycles. The standard InChI is InChI=1S/C6H12N/c1-4-6(5-2)7-3/h1,4,6-7H,5H2,2-3H3. The molecule has 1 nitrogen and oxygen atoms in total. The van der Waals surface area contributed by atoms with Crippen LogP contribution >= 0.6 is 0 Å². The van der Waals surface area contributed by atoms with Gasteiger partial charge in [0.2, 0.25) is 0 Å². The topological polar surface area (TPSA) is 12.0 Å². The van der Waals surface area contributed by atoms with Gasteiger partial charge in [0.1, 0.15) is 0 Å². The van der Waals surface area contributed by atoms with Gasteiger partial charge in [0.25, 0.3) is 0 Å². The van der Waals surface area contributed by atoms with Gasteiger partial charge in [0.05, 0.1) is 0 Å². The van der Waals surface area contributed by atoms with E-state index in [4.69, 9.17) is 6.58 Å². The first-order valence-electron chi connectivity index (χ1n) is 2.57. The zero-order valence-corrected chi connectivity index (χ0v) is 4.94. The Balaban J connectivity index is 3.16. The fraction of sp³-hybridized carbons (Fsp3) is 0.667. The van der Waals surface area contributed by atoms with Crippen LogP contribution in [0.2, 0.25) is 0 Å². The van der Waals surface area contributed by atoms with Crippen molar-refractivity contribution in [1.29, 1.82) is 0 Å². The summed E-state index contributed by atoms with van der Waals surface area (Å²) in [5, 5.41) is 3.02. The van der Waals surface area contributed by atoms with E-state index in [2.05, 4.69) is 12.2 Å². The molecule has 0 aliphatic heterocycles. The number of hydrogen-bond acceptors (Lipinski definition) is 1. The molecule has 0 fully saturated rings. The van der Waals surface area contributed by atoms with Crippen LogP contribution in [0.4, 0.5) is 0 Å². The Morgan fingerprint density at radius 2 is 2.43 bits per heavy atom. The Morgan fingerprint density at radius 3 is 2.43 bits per heavy atom. The van der Waals surface area contributed by atoms with Gasteiger partial charge >= 0.3 is 0 Å². The molecular formula is C6H12N. The summed E-state index contributed by atoms with van der Waals surface area (Å²) in [4.78, 5) is 0. The quantitative estimate of drug-likeness (QED) is 0.554. The summed E-state index contributed by atoms with van der Waals surface area (Å²) in [5.41, 5.74) is 0. The summed E-state index contributed by atoms with van der Waals surface area (Å²) in [6.45, 7) is 7.29. The van der Waals surface area contributed by atoms with E-state index in [1.54, 1.807) is 6.08 Å². The van der Waals surface area contributed by atoms with Crippen LogP contribution in [-0.2, 0) is 0 Å². The van der Waals surface area contributed by atoms with Crippen LogP contribution in [0.25, 0.3) is 0 Å². The van der Waals surface area contributed by atoms with Crippen LogP contribution in [-0.4, -0.2) is 13.1 Å². The molecule has 1 N–H and O–H groups in total. The van der Waals surface area contributed by atoms with Gasteiger partial charge in [-0.2, -0.15) is 0 Å². The molecule has 7 heavy (non-hydrogen) atoms. The Kier molecular flexibility index (Phi) is 3.71. The zero-order chi connectivity index (χ0) is 5.70. The molecule has 0 aromatic heterocycles. The number of nitrogens with one attached hydrogen (secondary N) is 1. The van der Waals surface area contributed by atoms with Gasteiger partial charge in [-0.05, 0) is 13.5 Å². The molecule has 0 aromatic rings. The lowest BCUT2D eigenvalue weighted by atomic mass is 10.2. The summed E-state index contributed by atoms with van der Waals surface area (Å²) >= 11 is 0. The predicted molar refractivity (Wildman–Crippen MR) is 32.0 cm³/mol. The van der Waals surface area contributed by atoms with Gasteiger partial charge in [-0.1, -0.05) is 19.6 Å². The molecule has 1 atom stereocenters. The second-order valence-corrected chi connectivity index (χ2v) is 1.50. The maximum absolute atomic E-state index is 5.21. The highest BCUT2D eigenvalue weighted by Gasteiger charge is 1.90. The molecule has 0 aliphatic rings. The molecular weight excluding hydrogens is 86.1 g/mol. The molecule has 0 bridgehead atoms. The maximum Gasteiger partial charge on any atom is 0.0247 e. The predicted octanol–water partition coefficient (Wildman–Crippen LogP) is 0.974. The van der Waals surface area contributed by atoms with E-state index >= 15 is 0 Å². The minimum absolute atomic E-state index is 0.389. The first-order valence-corrected chi connectivity index (χ1v) is 2.57. The Labute approximate surface area is 45.4 Å². The zero-order valence-electron chi connectivity index (χ0n) is 4.94. The van der Waals surface area contributed by atoms with E-state index in [1.165, 1.54) is 0 Å². The van der Waals surface area contributed by atoms with Crippen molar-refractivity contribution in [2.24, 2.45) is 0 Å². The van der Waals surface area contributed by atoms with E-state index in [1.807, 2.05) is 7.05 Å². The summed E-state index contributed by atoms with van der Waals surface area (Å²) in [5.74, 6) is 0. The van der Waals surface area contributed by atoms with Gasteiger partial charge in [-0.3, -0.25) is 0 Å². The van der Waals surface area contributed by atoms with Crippen LogP contribution in [0, 0.1) is 6.58 Å². The second kappa shape index (κ2) is 3.88. The molecule has 41 valence electrons. The first-order chi connectivity index (χ1) is 3.35. The molecule has 0 rings (SSSR count). The minimum atomic E-state index is 0.389. The molecule has 1 radical (unpaired) electrons. The van der Waals surface area contributed by atoms with Gasteiger partial charge in [-0.15, -0.1) is 0 Å². The van der Waals surface area contributed by atoms with Crippen LogP contribution in [0.15, 0.2) is 6.08 Å². The molecule has 1 unspecified atom stereocenters. The fourth-order valence-electron chi connectivity index (χ4n) is 0.436. The summed E-state index contributed by atoms with van der Waals surface area (Å²) in [6.07, 6.45) is 2.73.